The Balaban J connectivity index is 1.83. The molecular weight excluding hydrogens is 278 g/mol. The molecule has 0 aliphatic rings. The van der Waals surface area contributed by atoms with Gasteiger partial charge >= 0.3 is 0 Å². The van der Waals surface area contributed by atoms with Crippen molar-refractivity contribution in [2.45, 2.75) is 58.5 Å². The van der Waals surface area contributed by atoms with Gasteiger partial charge in [0.15, 0.2) is 0 Å². The Bertz CT molecular complexity index is 465. The number of hydrogen-bond acceptors (Lipinski definition) is 1. The molecule has 2 rings (SSSR count). The summed E-state index contributed by atoms with van der Waals surface area (Å²) in [4.78, 5) is 2.59. The van der Waals surface area contributed by atoms with Crippen LogP contribution in [0.1, 0.15) is 56.6 Å². The van der Waals surface area contributed by atoms with Crippen LogP contribution in [0.3, 0.4) is 0 Å². The van der Waals surface area contributed by atoms with Crippen LogP contribution in [0.5, 0.6) is 0 Å². The molecule has 0 radical (unpaired) electrons. The molecule has 0 bridgehead atoms. The van der Waals surface area contributed by atoms with Crippen molar-refractivity contribution in [2.24, 2.45) is 0 Å². The molecule has 2 aromatic carbocycles. The molecule has 0 saturated heterocycles. The normalized spacial score (nSPS) is 11.0. The highest BCUT2D eigenvalue weighted by Crippen LogP contribution is 2.12. The lowest BCUT2D eigenvalue weighted by atomic mass is 10.1. The second-order valence-electron chi connectivity index (χ2n) is 6.45. The minimum Gasteiger partial charge on any atom is -0.295 e. The van der Waals surface area contributed by atoms with Crippen LogP contribution in [0, 0.1) is 0 Å². The van der Waals surface area contributed by atoms with E-state index in [-0.39, 0.29) is 0 Å². The average Bonchev–Trinajstić information content (AvgIpc) is 2.60. The van der Waals surface area contributed by atoms with Crippen molar-refractivity contribution in [1.82, 2.24) is 4.90 Å². The maximum atomic E-state index is 2.59. The number of unbranched alkanes of at least 4 members (excludes halogenated alkanes) is 5. The van der Waals surface area contributed by atoms with E-state index in [1.54, 1.807) is 0 Å². The molecule has 0 aliphatic carbocycles. The molecule has 0 aromatic heterocycles. The van der Waals surface area contributed by atoms with Crippen molar-refractivity contribution in [3.8, 4) is 0 Å². The van der Waals surface area contributed by atoms with Gasteiger partial charge in [0, 0.05) is 13.1 Å². The van der Waals surface area contributed by atoms with Crippen LogP contribution in [0.4, 0.5) is 0 Å². The Hall–Kier alpha value is -1.60. The van der Waals surface area contributed by atoms with E-state index in [2.05, 4.69) is 72.5 Å². The van der Waals surface area contributed by atoms with E-state index in [1.807, 2.05) is 0 Å². The summed E-state index contributed by atoms with van der Waals surface area (Å²) in [5, 5.41) is 0. The van der Waals surface area contributed by atoms with Gasteiger partial charge in [-0.15, -0.1) is 0 Å². The monoisotopic (exact) mass is 309 g/mol. The summed E-state index contributed by atoms with van der Waals surface area (Å²) >= 11 is 0. The van der Waals surface area contributed by atoms with Crippen LogP contribution in [0.25, 0.3) is 0 Å². The fraction of sp³-hybridized carbons (Fsp3) is 0.455. The third kappa shape index (κ3) is 7.47. The average molecular weight is 309 g/mol. The van der Waals surface area contributed by atoms with Crippen LogP contribution >= 0.6 is 0 Å². The number of nitrogens with zero attached hydrogens (tertiary/aromatic N) is 1. The summed E-state index contributed by atoms with van der Waals surface area (Å²) in [6.45, 7) is 5.56. The molecule has 0 spiro atoms. The first-order valence-corrected chi connectivity index (χ1v) is 9.18. The van der Waals surface area contributed by atoms with Crippen molar-refractivity contribution in [3.63, 3.8) is 0 Å². The van der Waals surface area contributed by atoms with Crippen LogP contribution in [0.2, 0.25) is 0 Å². The molecule has 0 atom stereocenters. The van der Waals surface area contributed by atoms with E-state index < -0.39 is 0 Å². The fourth-order valence-electron chi connectivity index (χ4n) is 3.01. The van der Waals surface area contributed by atoms with E-state index >= 15 is 0 Å². The van der Waals surface area contributed by atoms with E-state index in [4.69, 9.17) is 0 Å². The molecule has 0 heterocycles. The SMILES string of the molecule is CCCCCCCCN(Cc1ccccc1)Cc1ccccc1. The van der Waals surface area contributed by atoms with E-state index in [1.165, 1.54) is 56.2 Å². The lowest BCUT2D eigenvalue weighted by molar-refractivity contribution is 0.250. The Morgan fingerprint density at radius 1 is 0.609 bits per heavy atom. The standard InChI is InChI=1S/C22H31N/c1-2-3-4-5-6-13-18-23(19-21-14-9-7-10-15-21)20-22-16-11-8-12-17-22/h7-12,14-17H,2-6,13,18-20H2,1H3. The predicted molar refractivity (Wildman–Crippen MR) is 100 cm³/mol. The molecule has 23 heavy (non-hydrogen) atoms. The highest BCUT2D eigenvalue weighted by molar-refractivity contribution is 5.17. The van der Waals surface area contributed by atoms with E-state index in [0.717, 1.165) is 13.1 Å². The molecule has 1 heteroatoms. The summed E-state index contributed by atoms with van der Waals surface area (Å²) < 4.78 is 0. The fourth-order valence-corrected chi connectivity index (χ4v) is 3.01. The van der Waals surface area contributed by atoms with Gasteiger partial charge in [-0.3, -0.25) is 4.90 Å². The summed E-state index contributed by atoms with van der Waals surface area (Å²) in [5.41, 5.74) is 2.82. The largest absolute Gasteiger partial charge is 0.295 e. The van der Waals surface area contributed by atoms with Gasteiger partial charge in [0.05, 0.1) is 0 Å². The van der Waals surface area contributed by atoms with Crippen LogP contribution in [-0.2, 0) is 13.1 Å². The third-order valence-corrected chi connectivity index (χ3v) is 4.33. The minimum atomic E-state index is 1.05. The van der Waals surface area contributed by atoms with Crippen molar-refractivity contribution >= 4 is 0 Å². The van der Waals surface area contributed by atoms with Gasteiger partial charge in [-0.25, -0.2) is 0 Å². The molecule has 0 saturated carbocycles. The van der Waals surface area contributed by atoms with Crippen molar-refractivity contribution in [1.29, 1.82) is 0 Å². The van der Waals surface area contributed by atoms with E-state index in [0.29, 0.717) is 0 Å². The molecule has 0 N–H and O–H groups in total. The van der Waals surface area contributed by atoms with Gasteiger partial charge in [-0.2, -0.15) is 0 Å². The first kappa shape index (κ1) is 17.7. The molecular formula is C22H31N. The zero-order chi connectivity index (χ0) is 16.2. The lowest BCUT2D eigenvalue weighted by Gasteiger charge is -2.22. The van der Waals surface area contributed by atoms with Crippen molar-refractivity contribution in [3.05, 3.63) is 71.8 Å². The molecule has 0 aliphatic heterocycles. The number of hydrogen-bond donors (Lipinski definition) is 0. The molecule has 0 fully saturated rings. The van der Waals surface area contributed by atoms with Crippen molar-refractivity contribution < 1.29 is 0 Å². The zero-order valence-corrected chi connectivity index (χ0v) is 14.6. The summed E-state index contributed by atoms with van der Waals surface area (Å²) in [6.07, 6.45) is 8.17. The Morgan fingerprint density at radius 3 is 1.61 bits per heavy atom. The third-order valence-electron chi connectivity index (χ3n) is 4.33. The van der Waals surface area contributed by atoms with Gasteiger partial charge in [-0.05, 0) is 24.1 Å². The van der Waals surface area contributed by atoms with Gasteiger partial charge < -0.3 is 0 Å². The molecule has 2 aromatic rings. The van der Waals surface area contributed by atoms with Gasteiger partial charge in [0.25, 0.3) is 0 Å². The summed E-state index contributed by atoms with van der Waals surface area (Å²) in [5.74, 6) is 0. The predicted octanol–water partition coefficient (Wildman–Crippen LogP) is 6.05. The van der Waals surface area contributed by atoms with Crippen molar-refractivity contribution in [2.75, 3.05) is 6.54 Å². The van der Waals surface area contributed by atoms with Gasteiger partial charge in [0.1, 0.15) is 0 Å². The maximum Gasteiger partial charge on any atom is 0.0237 e. The Labute approximate surface area is 142 Å². The second kappa shape index (κ2) is 11.0. The number of rotatable bonds is 11. The Kier molecular flexibility index (Phi) is 8.50. The van der Waals surface area contributed by atoms with E-state index in [9.17, 15) is 0 Å². The molecule has 0 unspecified atom stereocenters. The molecule has 0 amide bonds. The van der Waals surface area contributed by atoms with Crippen LogP contribution < -0.4 is 0 Å². The van der Waals surface area contributed by atoms with Crippen LogP contribution in [0.15, 0.2) is 60.7 Å². The van der Waals surface area contributed by atoms with Crippen LogP contribution in [-0.4, -0.2) is 11.4 Å². The topological polar surface area (TPSA) is 3.24 Å². The zero-order valence-electron chi connectivity index (χ0n) is 14.6. The second-order valence-corrected chi connectivity index (χ2v) is 6.45. The molecule has 1 nitrogen and oxygen atoms in total. The van der Waals surface area contributed by atoms with Gasteiger partial charge in [0.2, 0.25) is 0 Å². The maximum absolute atomic E-state index is 2.59. The summed E-state index contributed by atoms with van der Waals surface area (Å²) in [6, 6.07) is 21.7. The lowest BCUT2D eigenvalue weighted by Crippen LogP contribution is -2.24. The summed E-state index contributed by atoms with van der Waals surface area (Å²) in [7, 11) is 0. The Morgan fingerprint density at radius 2 is 1.09 bits per heavy atom. The smallest absolute Gasteiger partial charge is 0.0237 e. The molecule has 124 valence electrons. The first-order valence-electron chi connectivity index (χ1n) is 9.18. The number of benzene rings is 2. The van der Waals surface area contributed by atoms with Gasteiger partial charge in [-0.1, -0.05) is 99.7 Å². The quantitative estimate of drug-likeness (QED) is 0.457. The highest BCUT2D eigenvalue weighted by Gasteiger charge is 2.07. The highest BCUT2D eigenvalue weighted by atomic mass is 15.1. The minimum absolute atomic E-state index is 1.05. The first-order chi connectivity index (χ1) is 11.4.